The molecule has 0 bridgehead atoms. The first kappa shape index (κ1) is 13.0. The highest BCUT2D eigenvalue weighted by atomic mass is 16.4. The van der Waals surface area contributed by atoms with Gasteiger partial charge in [0, 0.05) is 18.7 Å². The number of rotatable bonds is 5. The molecule has 1 aliphatic rings. The summed E-state index contributed by atoms with van der Waals surface area (Å²) in [5.74, 6) is -0.894. The Balaban J connectivity index is 1.95. The molecule has 3 atom stereocenters. The van der Waals surface area contributed by atoms with Gasteiger partial charge >= 0.3 is 5.97 Å². The average Bonchev–Trinajstić information content (AvgIpc) is 2.83. The molecule has 0 radical (unpaired) electrons. The number of aliphatic hydroxyl groups excluding tert-OH is 1. The number of hydrogen-bond donors (Lipinski definition) is 4. The molecular weight excluding hydrogens is 234 g/mol. The van der Waals surface area contributed by atoms with Crippen LogP contribution in [-0.2, 0) is 11.2 Å². The van der Waals surface area contributed by atoms with Crippen LogP contribution >= 0.6 is 0 Å². The standard InChI is InChI=1S/C12H19N3O3/c16-11-4-2-1-3-9(11)15-10(12(17)18)5-8-6-13-14-7-8/h6-7,9-11,15-16H,1-5H2,(H,13,14)(H,17,18)/t9-,10?,11-/m0/s1. The fraction of sp³-hybridized carbons (Fsp3) is 0.667. The molecule has 2 rings (SSSR count). The van der Waals surface area contributed by atoms with E-state index in [9.17, 15) is 15.0 Å². The number of carboxylic acid groups (broad SMARTS) is 1. The molecule has 1 aliphatic carbocycles. The third kappa shape index (κ3) is 3.30. The summed E-state index contributed by atoms with van der Waals surface area (Å²) in [6.45, 7) is 0. The van der Waals surface area contributed by atoms with Crippen molar-refractivity contribution in [3.63, 3.8) is 0 Å². The Morgan fingerprint density at radius 3 is 2.94 bits per heavy atom. The van der Waals surface area contributed by atoms with Crippen LogP contribution in [0.2, 0.25) is 0 Å². The van der Waals surface area contributed by atoms with Crippen molar-refractivity contribution in [1.29, 1.82) is 0 Å². The molecule has 4 N–H and O–H groups in total. The third-order valence-electron chi connectivity index (χ3n) is 3.44. The zero-order valence-corrected chi connectivity index (χ0v) is 10.2. The van der Waals surface area contributed by atoms with Gasteiger partial charge in [0.1, 0.15) is 6.04 Å². The minimum absolute atomic E-state index is 0.119. The number of aromatic nitrogens is 2. The Bertz CT molecular complexity index is 380. The number of H-pyrrole nitrogens is 1. The highest BCUT2D eigenvalue weighted by Gasteiger charge is 2.28. The molecule has 1 aromatic rings. The molecule has 1 heterocycles. The first-order chi connectivity index (χ1) is 8.66. The molecule has 0 aromatic carbocycles. The molecule has 18 heavy (non-hydrogen) atoms. The predicted molar refractivity (Wildman–Crippen MR) is 65.1 cm³/mol. The molecule has 1 unspecified atom stereocenters. The van der Waals surface area contributed by atoms with Crippen molar-refractivity contribution in [3.05, 3.63) is 18.0 Å². The van der Waals surface area contributed by atoms with E-state index in [-0.39, 0.29) is 6.04 Å². The fourth-order valence-corrected chi connectivity index (χ4v) is 2.41. The second-order valence-electron chi connectivity index (χ2n) is 4.83. The van der Waals surface area contributed by atoms with Gasteiger partial charge in [-0.25, -0.2) is 0 Å². The predicted octanol–water partition coefficient (Wildman–Crippen LogP) is 0.298. The summed E-state index contributed by atoms with van der Waals surface area (Å²) in [6, 6.07) is -0.799. The van der Waals surface area contributed by atoms with Gasteiger partial charge in [0.05, 0.1) is 12.3 Å². The lowest BCUT2D eigenvalue weighted by molar-refractivity contribution is -0.140. The number of hydrogen-bond acceptors (Lipinski definition) is 4. The third-order valence-corrected chi connectivity index (χ3v) is 3.44. The summed E-state index contributed by atoms with van der Waals surface area (Å²) in [7, 11) is 0. The maximum absolute atomic E-state index is 11.2. The van der Waals surface area contributed by atoms with E-state index >= 15 is 0 Å². The number of carbonyl (C=O) groups is 1. The van der Waals surface area contributed by atoms with E-state index < -0.39 is 18.1 Å². The van der Waals surface area contributed by atoms with Gasteiger partial charge in [0.15, 0.2) is 0 Å². The SMILES string of the molecule is O=C(O)C(Cc1cn[nH]c1)N[C@H]1CCCC[C@@H]1O. The molecule has 1 saturated carbocycles. The Hall–Kier alpha value is -1.40. The second-order valence-corrected chi connectivity index (χ2v) is 4.83. The molecule has 0 saturated heterocycles. The lowest BCUT2D eigenvalue weighted by Gasteiger charge is -2.30. The highest BCUT2D eigenvalue weighted by Crippen LogP contribution is 2.19. The first-order valence-electron chi connectivity index (χ1n) is 6.31. The Labute approximate surface area is 105 Å². The monoisotopic (exact) mass is 253 g/mol. The zero-order valence-electron chi connectivity index (χ0n) is 10.2. The highest BCUT2D eigenvalue weighted by molar-refractivity contribution is 5.73. The molecular formula is C12H19N3O3. The average molecular weight is 253 g/mol. The van der Waals surface area contributed by atoms with Crippen LogP contribution in [0.4, 0.5) is 0 Å². The van der Waals surface area contributed by atoms with Crippen LogP contribution in [0, 0.1) is 0 Å². The van der Waals surface area contributed by atoms with E-state index in [0.29, 0.717) is 6.42 Å². The van der Waals surface area contributed by atoms with Crippen molar-refractivity contribution in [2.24, 2.45) is 0 Å². The molecule has 6 nitrogen and oxygen atoms in total. The van der Waals surface area contributed by atoms with E-state index in [1.165, 1.54) is 0 Å². The van der Waals surface area contributed by atoms with Gasteiger partial charge in [0.25, 0.3) is 0 Å². The van der Waals surface area contributed by atoms with Crippen molar-refractivity contribution in [2.75, 3.05) is 0 Å². The van der Waals surface area contributed by atoms with Crippen molar-refractivity contribution in [3.8, 4) is 0 Å². The summed E-state index contributed by atoms with van der Waals surface area (Å²) in [4.78, 5) is 11.2. The second kappa shape index (κ2) is 5.97. The van der Waals surface area contributed by atoms with Crippen LogP contribution in [-0.4, -0.2) is 44.6 Å². The van der Waals surface area contributed by atoms with E-state index in [1.54, 1.807) is 12.4 Å². The van der Waals surface area contributed by atoms with E-state index in [2.05, 4.69) is 15.5 Å². The van der Waals surface area contributed by atoms with Crippen LogP contribution < -0.4 is 5.32 Å². The lowest BCUT2D eigenvalue weighted by Crippen LogP contribution is -2.50. The quantitative estimate of drug-likeness (QED) is 0.605. The normalized spacial score (nSPS) is 25.8. The van der Waals surface area contributed by atoms with Crippen molar-refractivity contribution in [2.45, 2.75) is 50.3 Å². The molecule has 1 aromatic heterocycles. The molecule has 100 valence electrons. The minimum atomic E-state index is -0.894. The minimum Gasteiger partial charge on any atom is -0.480 e. The van der Waals surface area contributed by atoms with Gasteiger partial charge in [-0.15, -0.1) is 0 Å². The van der Waals surface area contributed by atoms with Gasteiger partial charge < -0.3 is 10.2 Å². The molecule has 1 fully saturated rings. The van der Waals surface area contributed by atoms with Crippen molar-refractivity contribution < 1.29 is 15.0 Å². The lowest BCUT2D eigenvalue weighted by atomic mass is 9.91. The number of aromatic amines is 1. The largest absolute Gasteiger partial charge is 0.480 e. The van der Waals surface area contributed by atoms with Crippen LogP contribution in [0.5, 0.6) is 0 Å². The van der Waals surface area contributed by atoms with E-state index in [1.807, 2.05) is 0 Å². The topological polar surface area (TPSA) is 98.2 Å². The number of nitrogens with zero attached hydrogens (tertiary/aromatic N) is 1. The van der Waals surface area contributed by atoms with Crippen LogP contribution in [0.3, 0.4) is 0 Å². The molecule has 0 amide bonds. The zero-order chi connectivity index (χ0) is 13.0. The Morgan fingerprint density at radius 2 is 2.33 bits per heavy atom. The van der Waals surface area contributed by atoms with Crippen LogP contribution in [0.15, 0.2) is 12.4 Å². The van der Waals surface area contributed by atoms with E-state index in [0.717, 1.165) is 31.2 Å². The fourth-order valence-electron chi connectivity index (χ4n) is 2.41. The maximum Gasteiger partial charge on any atom is 0.321 e. The number of nitrogens with one attached hydrogen (secondary N) is 2. The van der Waals surface area contributed by atoms with Crippen molar-refractivity contribution >= 4 is 5.97 Å². The Morgan fingerprint density at radius 1 is 1.56 bits per heavy atom. The number of aliphatic carboxylic acids is 1. The van der Waals surface area contributed by atoms with Crippen molar-refractivity contribution in [1.82, 2.24) is 15.5 Å². The van der Waals surface area contributed by atoms with Gasteiger partial charge in [-0.1, -0.05) is 12.8 Å². The van der Waals surface area contributed by atoms with E-state index in [4.69, 9.17) is 0 Å². The smallest absolute Gasteiger partial charge is 0.321 e. The molecule has 6 heteroatoms. The Kier molecular flexibility index (Phi) is 4.33. The summed E-state index contributed by atoms with van der Waals surface area (Å²) in [5.41, 5.74) is 0.847. The van der Waals surface area contributed by atoms with Gasteiger partial charge in [-0.05, 0) is 18.4 Å². The number of aliphatic hydroxyl groups is 1. The van der Waals surface area contributed by atoms with Gasteiger partial charge in [-0.2, -0.15) is 5.10 Å². The summed E-state index contributed by atoms with van der Waals surface area (Å²) < 4.78 is 0. The number of carboxylic acids is 1. The molecule has 0 spiro atoms. The summed E-state index contributed by atoms with van der Waals surface area (Å²) in [5, 5.41) is 28.6. The van der Waals surface area contributed by atoms with Gasteiger partial charge in [-0.3, -0.25) is 15.2 Å². The van der Waals surface area contributed by atoms with Crippen LogP contribution in [0.1, 0.15) is 31.2 Å². The maximum atomic E-state index is 11.2. The summed E-state index contributed by atoms with van der Waals surface area (Å²) >= 11 is 0. The van der Waals surface area contributed by atoms with Crippen LogP contribution in [0.25, 0.3) is 0 Å². The molecule has 0 aliphatic heterocycles. The summed E-state index contributed by atoms with van der Waals surface area (Å²) in [6.07, 6.45) is 6.86. The first-order valence-corrected chi connectivity index (χ1v) is 6.31. The van der Waals surface area contributed by atoms with Gasteiger partial charge in [0.2, 0.25) is 0 Å².